The fourth-order valence-electron chi connectivity index (χ4n) is 3.49. The zero-order valence-corrected chi connectivity index (χ0v) is 12.0. The van der Waals surface area contributed by atoms with Crippen LogP contribution in [0, 0.1) is 0 Å². The molecule has 0 fully saturated rings. The summed E-state index contributed by atoms with van der Waals surface area (Å²) in [5.74, 6) is 1.63. The summed E-state index contributed by atoms with van der Waals surface area (Å²) >= 11 is 0. The first-order chi connectivity index (χ1) is 10.3. The van der Waals surface area contributed by atoms with E-state index in [1.54, 1.807) is 0 Å². The predicted molar refractivity (Wildman–Crippen MR) is 81.8 cm³/mol. The fraction of sp³-hybridized carbons (Fsp3) is 0.333. The molecule has 2 N–H and O–H groups in total. The lowest BCUT2D eigenvalue weighted by molar-refractivity contribution is 0.171. The molecule has 2 aliphatic rings. The number of hydrogen-bond acceptors (Lipinski definition) is 3. The molecule has 2 aromatic rings. The van der Waals surface area contributed by atoms with E-state index in [9.17, 15) is 0 Å². The molecule has 0 aromatic heterocycles. The van der Waals surface area contributed by atoms with Gasteiger partial charge in [0.2, 0.25) is 0 Å². The maximum absolute atomic E-state index is 6.83. The van der Waals surface area contributed by atoms with Crippen LogP contribution < -0.4 is 15.2 Å². The molecule has 1 aliphatic heterocycles. The highest BCUT2D eigenvalue weighted by atomic mass is 16.6. The standard InChI is InChI=1S/C18H19NO2/c19-18(9-3-5-13-4-1-2-6-15(13)18)14-7-8-16-17(12-14)21-11-10-20-16/h1-2,4,6-8,12H,3,5,9-11,19H2. The minimum Gasteiger partial charge on any atom is -0.486 e. The average molecular weight is 281 g/mol. The van der Waals surface area contributed by atoms with Crippen LogP contribution in [-0.4, -0.2) is 13.2 Å². The minimum atomic E-state index is -0.426. The average Bonchev–Trinajstić information content (AvgIpc) is 2.55. The number of ether oxygens (including phenoxy) is 2. The molecule has 4 rings (SSSR count). The Bertz CT molecular complexity index is 683. The molecule has 0 radical (unpaired) electrons. The van der Waals surface area contributed by atoms with Gasteiger partial charge in [-0.3, -0.25) is 0 Å². The highest BCUT2D eigenvalue weighted by molar-refractivity contribution is 5.51. The Hall–Kier alpha value is -2.00. The van der Waals surface area contributed by atoms with Crippen molar-refractivity contribution in [2.24, 2.45) is 5.73 Å². The molecule has 2 aromatic carbocycles. The third-order valence-corrected chi connectivity index (χ3v) is 4.57. The first-order valence-corrected chi connectivity index (χ1v) is 7.55. The smallest absolute Gasteiger partial charge is 0.161 e. The maximum Gasteiger partial charge on any atom is 0.161 e. The highest BCUT2D eigenvalue weighted by Crippen LogP contribution is 2.41. The summed E-state index contributed by atoms with van der Waals surface area (Å²) in [7, 11) is 0. The Balaban J connectivity index is 1.83. The number of benzene rings is 2. The van der Waals surface area contributed by atoms with E-state index >= 15 is 0 Å². The van der Waals surface area contributed by atoms with E-state index in [1.807, 2.05) is 6.07 Å². The minimum absolute atomic E-state index is 0.426. The predicted octanol–water partition coefficient (Wildman–Crippen LogP) is 3.00. The summed E-state index contributed by atoms with van der Waals surface area (Å²) in [6, 6.07) is 14.6. The second-order valence-electron chi connectivity index (χ2n) is 5.84. The van der Waals surface area contributed by atoms with Crippen LogP contribution in [0.1, 0.15) is 29.5 Å². The monoisotopic (exact) mass is 281 g/mol. The van der Waals surface area contributed by atoms with Gasteiger partial charge in [0.1, 0.15) is 13.2 Å². The molecular formula is C18H19NO2. The topological polar surface area (TPSA) is 44.5 Å². The van der Waals surface area contributed by atoms with Gasteiger partial charge in [-0.1, -0.05) is 30.3 Å². The van der Waals surface area contributed by atoms with Crippen molar-refractivity contribution in [1.29, 1.82) is 0 Å². The first kappa shape index (κ1) is 12.7. The van der Waals surface area contributed by atoms with Crippen LogP contribution in [0.3, 0.4) is 0 Å². The molecule has 0 bridgehead atoms. The van der Waals surface area contributed by atoms with Crippen LogP contribution in [0.4, 0.5) is 0 Å². The van der Waals surface area contributed by atoms with Gasteiger partial charge in [-0.25, -0.2) is 0 Å². The zero-order chi connectivity index (χ0) is 14.3. The van der Waals surface area contributed by atoms with Crippen LogP contribution in [0.15, 0.2) is 42.5 Å². The Morgan fingerprint density at radius 2 is 1.76 bits per heavy atom. The fourth-order valence-corrected chi connectivity index (χ4v) is 3.49. The third-order valence-electron chi connectivity index (χ3n) is 4.57. The first-order valence-electron chi connectivity index (χ1n) is 7.55. The largest absolute Gasteiger partial charge is 0.486 e. The SMILES string of the molecule is NC1(c2ccc3c(c2)OCCO3)CCCc2ccccc21. The van der Waals surface area contributed by atoms with Crippen molar-refractivity contribution in [2.75, 3.05) is 13.2 Å². The zero-order valence-electron chi connectivity index (χ0n) is 12.0. The normalized spacial score (nSPS) is 23.5. The number of fused-ring (bicyclic) bond motifs is 2. The summed E-state index contributed by atoms with van der Waals surface area (Å²) in [6.45, 7) is 1.22. The molecule has 1 atom stereocenters. The lowest BCUT2D eigenvalue weighted by Crippen LogP contribution is -2.41. The van der Waals surface area contributed by atoms with Crippen molar-refractivity contribution >= 4 is 0 Å². The maximum atomic E-state index is 6.83. The van der Waals surface area contributed by atoms with Crippen LogP contribution in [0.5, 0.6) is 11.5 Å². The molecule has 1 heterocycles. The number of aryl methyl sites for hydroxylation is 1. The molecule has 3 heteroatoms. The highest BCUT2D eigenvalue weighted by Gasteiger charge is 2.35. The van der Waals surface area contributed by atoms with Crippen molar-refractivity contribution in [3.05, 3.63) is 59.2 Å². The van der Waals surface area contributed by atoms with Gasteiger partial charge in [-0.15, -0.1) is 0 Å². The van der Waals surface area contributed by atoms with E-state index < -0.39 is 5.54 Å². The van der Waals surface area contributed by atoms with Gasteiger partial charge in [0.05, 0.1) is 5.54 Å². The molecule has 1 unspecified atom stereocenters. The quantitative estimate of drug-likeness (QED) is 0.874. The van der Waals surface area contributed by atoms with E-state index in [2.05, 4.69) is 36.4 Å². The Morgan fingerprint density at radius 1 is 0.952 bits per heavy atom. The Kier molecular flexibility index (Phi) is 2.89. The van der Waals surface area contributed by atoms with Gasteiger partial charge in [-0.2, -0.15) is 0 Å². The molecule has 0 amide bonds. The molecule has 21 heavy (non-hydrogen) atoms. The van der Waals surface area contributed by atoms with Crippen molar-refractivity contribution in [1.82, 2.24) is 0 Å². The van der Waals surface area contributed by atoms with Crippen molar-refractivity contribution < 1.29 is 9.47 Å². The summed E-state index contributed by atoms with van der Waals surface area (Å²) in [5.41, 5.74) is 10.1. The molecular weight excluding hydrogens is 262 g/mol. The Labute approximate surface area is 124 Å². The van der Waals surface area contributed by atoms with E-state index in [-0.39, 0.29) is 0 Å². The molecule has 3 nitrogen and oxygen atoms in total. The van der Waals surface area contributed by atoms with Crippen LogP contribution in [0.25, 0.3) is 0 Å². The molecule has 108 valence electrons. The van der Waals surface area contributed by atoms with E-state index in [0.717, 1.165) is 36.3 Å². The molecule has 0 spiro atoms. The van der Waals surface area contributed by atoms with Crippen molar-refractivity contribution in [2.45, 2.75) is 24.8 Å². The van der Waals surface area contributed by atoms with E-state index in [0.29, 0.717) is 13.2 Å². The third kappa shape index (κ3) is 2.00. The summed E-state index contributed by atoms with van der Waals surface area (Å²) < 4.78 is 11.3. The second-order valence-corrected chi connectivity index (χ2v) is 5.84. The van der Waals surface area contributed by atoms with Gasteiger partial charge in [-0.05, 0) is 48.1 Å². The Morgan fingerprint density at radius 3 is 2.67 bits per heavy atom. The summed E-state index contributed by atoms with van der Waals surface area (Å²) in [4.78, 5) is 0. The number of hydrogen-bond donors (Lipinski definition) is 1. The lowest BCUT2D eigenvalue weighted by atomic mass is 9.73. The molecule has 0 saturated carbocycles. The van der Waals surface area contributed by atoms with Gasteiger partial charge in [0.15, 0.2) is 11.5 Å². The van der Waals surface area contributed by atoms with Gasteiger partial charge >= 0.3 is 0 Å². The van der Waals surface area contributed by atoms with Gasteiger partial charge in [0, 0.05) is 0 Å². The van der Waals surface area contributed by atoms with Gasteiger partial charge < -0.3 is 15.2 Å². The molecule has 0 saturated heterocycles. The number of rotatable bonds is 1. The van der Waals surface area contributed by atoms with Crippen LogP contribution >= 0.6 is 0 Å². The number of nitrogens with two attached hydrogens (primary N) is 1. The molecule has 1 aliphatic carbocycles. The van der Waals surface area contributed by atoms with Gasteiger partial charge in [0.25, 0.3) is 0 Å². The van der Waals surface area contributed by atoms with E-state index in [1.165, 1.54) is 11.1 Å². The van der Waals surface area contributed by atoms with E-state index in [4.69, 9.17) is 15.2 Å². The summed E-state index contributed by atoms with van der Waals surface area (Å²) in [5, 5.41) is 0. The summed E-state index contributed by atoms with van der Waals surface area (Å²) in [6.07, 6.45) is 3.19. The van der Waals surface area contributed by atoms with Crippen molar-refractivity contribution in [3.8, 4) is 11.5 Å². The lowest BCUT2D eigenvalue weighted by Gasteiger charge is -2.37. The van der Waals surface area contributed by atoms with Crippen LogP contribution in [-0.2, 0) is 12.0 Å². The second kappa shape index (κ2) is 4.78. The van der Waals surface area contributed by atoms with Crippen LogP contribution in [0.2, 0.25) is 0 Å². The van der Waals surface area contributed by atoms with Crippen molar-refractivity contribution in [3.63, 3.8) is 0 Å².